The van der Waals surface area contributed by atoms with Gasteiger partial charge in [0.25, 0.3) is 0 Å². The van der Waals surface area contributed by atoms with Crippen LogP contribution >= 0.6 is 15.9 Å². The molecule has 21 heavy (non-hydrogen) atoms. The number of ether oxygens (including phenoxy) is 1. The van der Waals surface area contributed by atoms with Gasteiger partial charge in [0, 0.05) is 10.0 Å². The lowest BCUT2D eigenvalue weighted by Gasteiger charge is -2.13. The molecule has 0 atom stereocenters. The highest BCUT2D eigenvalue weighted by molar-refractivity contribution is 9.10. The van der Waals surface area contributed by atoms with Crippen LogP contribution in [-0.2, 0) is 0 Å². The highest BCUT2D eigenvalue weighted by Gasteiger charge is 2.33. The summed E-state index contributed by atoms with van der Waals surface area (Å²) in [5.74, 6) is -1.05. The molecule has 0 N–H and O–H groups in total. The Balaban J connectivity index is 2.47. The summed E-state index contributed by atoms with van der Waals surface area (Å²) in [6.45, 7) is 1.79. The molecule has 0 amide bonds. The average Bonchev–Trinajstić information content (AvgIpc) is 2.40. The summed E-state index contributed by atoms with van der Waals surface area (Å²) in [4.78, 5) is 12.4. The van der Waals surface area contributed by atoms with E-state index in [0.29, 0.717) is 4.47 Å². The van der Waals surface area contributed by atoms with Gasteiger partial charge >= 0.3 is 6.36 Å². The van der Waals surface area contributed by atoms with Crippen LogP contribution in [0.1, 0.15) is 21.5 Å². The second-order valence-corrected chi connectivity index (χ2v) is 5.10. The zero-order valence-corrected chi connectivity index (χ0v) is 12.5. The summed E-state index contributed by atoms with van der Waals surface area (Å²) in [5, 5.41) is 0. The van der Waals surface area contributed by atoms with Gasteiger partial charge < -0.3 is 4.74 Å². The number of hydrogen-bond acceptors (Lipinski definition) is 2. The molecule has 110 valence electrons. The number of rotatable bonds is 3. The molecule has 2 rings (SSSR count). The molecular weight excluding hydrogens is 349 g/mol. The average molecular weight is 359 g/mol. The minimum Gasteiger partial charge on any atom is -0.405 e. The van der Waals surface area contributed by atoms with Crippen LogP contribution in [0.4, 0.5) is 13.2 Å². The van der Waals surface area contributed by atoms with Crippen molar-refractivity contribution < 1.29 is 22.7 Å². The maximum absolute atomic E-state index is 12.4. The number of carbonyl (C=O) groups is 1. The van der Waals surface area contributed by atoms with Gasteiger partial charge in [-0.2, -0.15) is 0 Å². The van der Waals surface area contributed by atoms with Crippen molar-refractivity contribution in [3.05, 3.63) is 63.6 Å². The fourth-order valence-corrected chi connectivity index (χ4v) is 2.28. The second-order valence-electron chi connectivity index (χ2n) is 4.31. The van der Waals surface area contributed by atoms with Crippen LogP contribution in [0.2, 0.25) is 0 Å². The first-order valence-electron chi connectivity index (χ1n) is 5.94. The Morgan fingerprint density at radius 3 is 2.33 bits per heavy atom. The Morgan fingerprint density at radius 1 is 1.05 bits per heavy atom. The fraction of sp³-hybridized carbons (Fsp3) is 0.133. The quantitative estimate of drug-likeness (QED) is 0.730. The molecule has 0 aliphatic heterocycles. The van der Waals surface area contributed by atoms with Crippen molar-refractivity contribution in [2.24, 2.45) is 0 Å². The fourth-order valence-electron chi connectivity index (χ4n) is 1.84. The van der Waals surface area contributed by atoms with Gasteiger partial charge in [0.05, 0.1) is 5.56 Å². The number of alkyl halides is 3. The molecular formula is C15H10BrF3O2. The van der Waals surface area contributed by atoms with Crippen molar-refractivity contribution >= 4 is 21.7 Å². The SMILES string of the molecule is Cc1cccc(C(=O)c2ccccc2OC(F)(F)F)c1Br. The van der Waals surface area contributed by atoms with Gasteiger partial charge in [-0.1, -0.05) is 24.3 Å². The van der Waals surface area contributed by atoms with Crippen LogP contribution in [0.25, 0.3) is 0 Å². The predicted molar refractivity (Wildman–Crippen MR) is 75.4 cm³/mol. The summed E-state index contributed by atoms with van der Waals surface area (Å²) >= 11 is 3.28. The standard InChI is InChI=1S/C15H10BrF3O2/c1-9-5-4-7-11(13(9)16)14(20)10-6-2-3-8-12(10)21-15(17,18)19/h2-8H,1H3. The Labute approximate surface area is 127 Å². The van der Waals surface area contributed by atoms with E-state index in [1.807, 2.05) is 0 Å². The van der Waals surface area contributed by atoms with Crippen molar-refractivity contribution in [3.8, 4) is 5.75 Å². The molecule has 0 saturated heterocycles. The first-order valence-corrected chi connectivity index (χ1v) is 6.73. The first kappa shape index (κ1) is 15.6. The molecule has 2 aromatic rings. The van der Waals surface area contributed by atoms with Crippen LogP contribution in [0.15, 0.2) is 46.9 Å². The molecule has 0 aliphatic rings. The lowest BCUT2D eigenvalue weighted by atomic mass is 10.0. The summed E-state index contributed by atoms with van der Waals surface area (Å²) in [6.07, 6.45) is -4.85. The molecule has 0 heterocycles. The minimum atomic E-state index is -4.85. The van der Waals surface area contributed by atoms with Crippen molar-refractivity contribution in [2.75, 3.05) is 0 Å². The van der Waals surface area contributed by atoms with Crippen LogP contribution < -0.4 is 4.74 Å². The number of carbonyl (C=O) groups excluding carboxylic acids is 1. The van der Waals surface area contributed by atoms with Gasteiger partial charge in [-0.05, 0) is 46.6 Å². The number of ketones is 1. The van der Waals surface area contributed by atoms with Gasteiger partial charge in [0.2, 0.25) is 0 Å². The van der Waals surface area contributed by atoms with E-state index >= 15 is 0 Å². The van der Waals surface area contributed by atoms with E-state index in [4.69, 9.17) is 0 Å². The Kier molecular flexibility index (Phi) is 4.37. The van der Waals surface area contributed by atoms with E-state index in [0.717, 1.165) is 11.6 Å². The van der Waals surface area contributed by atoms with Crippen molar-refractivity contribution in [1.29, 1.82) is 0 Å². The molecule has 0 unspecified atom stereocenters. The van der Waals surface area contributed by atoms with Crippen LogP contribution in [0.3, 0.4) is 0 Å². The lowest BCUT2D eigenvalue weighted by Crippen LogP contribution is -2.19. The maximum Gasteiger partial charge on any atom is 0.573 e. The van der Waals surface area contributed by atoms with E-state index in [2.05, 4.69) is 20.7 Å². The normalized spacial score (nSPS) is 11.3. The molecule has 2 nitrogen and oxygen atoms in total. The highest BCUT2D eigenvalue weighted by atomic mass is 79.9. The van der Waals surface area contributed by atoms with Gasteiger partial charge in [0.1, 0.15) is 5.75 Å². The number of aryl methyl sites for hydroxylation is 1. The van der Waals surface area contributed by atoms with Crippen LogP contribution in [0, 0.1) is 6.92 Å². The molecule has 0 aromatic heterocycles. The van der Waals surface area contributed by atoms with Gasteiger partial charge in [-0.3, -0.25) is 4.79 Å². The number of para-hydroxylation sites is 1. The Morgan fingerprint density at radius 2 is 1.67 bits per heavy atom. The van der Waals surface area contributed by atoms with Crippen LogP contribution in [-0.4, -0.2) is 12.1 Å². The van der Waals surface area contributed by atoms with E-state index in [1.54, 1.807) is 25.1 Å². The van der Waals surface area contributed by atoms with Crippen molar-refractivity contribution in [3.63, 3.8) is 0 Å². The summed E-state index contributed by atoms with van der Waals surface area (Å²) in [6, 6.07) is 10.3. The smallest absolute Gasteiger partial charge is 0.405 e. The number of hydrogen-bond donors (Lipinski definition) is 0. The van der Waals surface area contributed by atoms with E-state index in [9.17, 15) is 18.0 Å². The topological polar surface area (TPSA) is 26.3 Å². The molecule has 0 aliphatic carbocycles. The minimum absolute atomic E-state index is 0.138. The summed E-state index contributed by atoms with van der Waals surface area (Å²) < 4.78 is 41.6. The lowest BCUT2D eigenvalue weighted by molar-refractivity contribution is -0.274. The zero-order chi connectivity index (χ0) is 15.6. The third kappa shape index (κ3) is 3.64. The molecule has 0 saturated carbocycles. The zero-order valence-electron chi connectivity index (χ0n) is 10.9. The largest absolute Gasteiger partial charge is 0.573 e. The molecule has 0 radical (unpaired) electrons. The Hall–Kier alpha value is -1.82. The summed E-state index contributed by atoms with van der Waals surface area (Å²) in [7, 11) is 0. The maximum atomic E-state index is 12.4. The number of halogens is 4. The van der Waals surface area contributed by atoms with Gasteiger partial charge in [-0.15, -0.1) is 13.2 Å². The first-order chi connectivity index (χ1) is 9.79. The van der Waals surface area contributed by atoms with Crippen molar-refractivity contribution in [2.45, 2.75) is 13.3 Å². The predicted octanol–water partition coefficient (Wildman–Crippen LogP) is 4.89. The van der Waals surface area contributed by atoms with E-state index < -0.39 is 17.9 Å². The van der Waals surface area contributed by atoms with E-state index in [1.165, 1.54) is 18.2 Å². The summed E-state index contributed by atoms with van der Waals surface area (Å²) in [5.41, 5.74) is 0.962. The van der Waals surface area contributed by atoms with Crippen molar-refractivity contribution in [1.82, 2.24) is 0 Å². The third-order valence-corrected chi connectivity index (χ3v) is 3.85. The third-order valence-electron chi connectivity index (χ3n) is 2.79. The number of benzene rings is 2. The molecule has 0 spiro atoms. The van der Waals surface area contributed by atoms with Crippen LogP contribution in [0.5, 0.6) is 5.75 Å². The van der Waals surface area contributed by atoms with E-state index in [-0.39, 0.29) is 11.1 Å². The molecule has 6 heteroatoms. The molecule has 2 aromatic carbocycles. The molecule has 0 bridgehead atoms. The second kappa shape index (κ2) is 5.89. The van der Waals surface area contributed by atoms with Gasteiger partial charge in [0.15, 0.2) is 5.78 Å². The van der Waals surface area contributed by atoms with Gasteiger partial charge in [-0.25, -0.2) is 0 Å². The molecule has 0 fully saturated rings. The Bertz CT molecular complexity index is 681. The highest BCUT2D eigenvalue weighted by Crippen LogP contribution is 2.30. The monoisotopic (exact) mass is 358 g/mol.